The molecule has 0 radical (unpaired) electrons. The summed E-state index contributed by atoms with van der Waals surface area (Å²) in [5, 5.41) is 3.59. The van der Waals surface area contributed by atoms with Crippen molar-refractivity contribution in [1.29, 1.82) is 0 Å². The molecule has 1 nitrogen and oxygen atoms in total. The second-order valence-electron chi connectivity index (χ2n) is 5.16. The van der Waals surface area contributed by atoms with Gasteiger partial charge in [0.1, 0.15) is 0 Å². The summed E-state index contributed by atoms with van der Waals surface area (Å²) >= 11 is 0. The Morgan fingerprint density at radius 1 is 1.15 bits per heavy atom. The first-order valence-electron chi connectivity index (χ1n) is 5.25. The molecule has 0 aromatic heterocycles. The smallest absolute Gasteiger partial charge is 0.0802 e. The molecule has 0 aliphatic heterocycles. The van der Waals surface area contributed by atoms with Gasteiger partial charge in [-0.2, -0.15) is 0 Å². The van der Waals surface area contributed by atoms with Crippen molar-refractivity contribution in [2.75, 3.05) is 0 Å². The Balaban J connectivity index is 2.65. The summed E-state index contributed by atoms with van der Waals surface area (Å²) in [5.41, 5.74) is 0.111. The average Bonchev–Trinajstić information content (AvgIpc) is 2.03. The Labute approximate surface area is 82.3 Å². The summed E-state index contributed by atoms with van der Waals surface area (Å²) in [5.74, 6) is 2.96. The quantitative estimate of drug-likeness (QED) is 0.610. The minimum atomic E-state index is -0.0174. The van der Waals surface area contributed by atoms with Gasteiger partial charge in [-0.25, -0.2) is 0 Å². The molecule has 1 aliphatic carbocycles. The molecule has 0 heterocycles. The molecule has 0 atom stereocenters. The van der Waals surface area contributed by atoms with E-state index in [9.17, 15) is 0 Å². The van der Waals surface area contributed by atoms with E-state index in [1.54, 1.807) is 0 Å². The molecule has 1 heteroatoms. The van der Waals surface area contributed by atoms with E-state index in [4.69, 9.17) is 6.42 Å². The summed E-state index contributed by atoms with van der Waals surface area (Å²) in [6, 6.07) is 0. The van der Waals surface area contributed by atoms with Crippen molar-refractivity contribution >= 4 is 0 Å². The molecule has 1 rings (SSSR count). The fourth-order valence-corrected chi connectivity index (χ4v) is 2.18. The van der Waals surface area contributed by atoms with Crippen molar-refractivity contribution < 1.29 is 0 Å². The lowest BCUT2D eigenvalue weighted by molar-refractivity contribution is 0.237. The molecular weight excluding hydrogens is 158 g/mol. The third-order valence-electron chi connectivity index (χ3n) is 2.60. The standard InChI is InChI=1S/C12H21N/c1-5-12(13-11(2,3)4)9-7-6-8-10-12/h1,13H,6-10H2,2-4H3. The Bertz CT molecular complexity index is 198. The van der Waals surface area contributed by atoms with E-state index in [0.29, 0.717) is 0 Å². The number of nitrogens with one attached hydrogen (secondary N) is 1. The summed E-state index contributed by atoms with van der Waals surface area (Å²) < 4.78 is 0. The predicted molar refractivity (Wildman–Crippen MR) is 57.5 cm³/mol. The Kier molecular flexibility index (Phi) is 3.03. The van der Waals surface area contributed by atoms with Crippen LogP contribution in [0.5, 0.6) is 0 Å². The van der Waals surface area contributed by atoms with Crippen LogP contribution >= 0.6 is 0 Å². The minimum Gasteiger partial charge on any atom is -0.296 e. The van der Waals surface area contributed by atoms with Crippen molar-refractivity contribution in [3.63, 3.8) is 0 Å². The van der Waals surface area contributed by atoms with Crippen molar-refractivity contribution in [1.82, 2.24) is 5.32 Å². The van der Waals surface area contributed by atoms with E-state index < -0.39 is 0 Å². The second-order valence-corrected chi connectivity index (χ2v) is 5.16. The van der Waals surface area contributed by atoms with E-state index >= 15 is 0 Å². The van der Waals surface area contributed by atoms with E-state index in [-0.39, 0.29) is 11.1 Å². The van der Waals surface area contributed by atoms with Gasteiger partial charge in [-0.3, -0.25) is 5.32 Å². The highest BCUT2D eigenvalue weighted by Gasteiger charge is 2.32. The van der Waals surface area contributed by atoms with Gasteiger partial charge in [0.15, 0.2) is 0 Å². The summed E-state index contributed by atoms with van der Waals surface area (Å²) in [4.78, 5) is 0. The van der Waals surface area contributed by atoms with Gasteiger partial charge in [-0.05, 0) is 33.6 Å². The molecule has 0 bridgehead atoms. The third-order valence-corrected chi connectivity index (χ3v) is 2.60. The Morgan fingerprint density at radius 3 is 2.08 bits per heavy atom. The molecule has 74 valence electrons. The zero-order chi connectivity index (χ0) is 9.95. The maximum absolute atomic E-state index is 5.63. The Hall–Kier alpha value is -0.480. The van der Waals surface area contributed by atoms with Crippen LogP contribution in [-0.4, -0.2) is 11.1 Å². The minimum absolute atomic E-state index is 0.0174. The molecule has 0 saturated heterocycles. The fraction of sp³-hybridized carbons (Fsp3) is 0.833. The molecule has 0 aromatic rings. The molecule has 1 fully saturated rings. The van der Waals surface area contributed by atoms with Crippen LogP contribution in [0.1, 0.15) is 52.9 Å². The lowest BCUT2D eigenvalue weighted by Crippen LogP contribution is -2.54. The fourth-order valence-electron chi connectivity index (χ4n) is 2.18. The predicted octanol–water partition coefficient (Wildman–Crippen LogP) is 2.71. The molecule has 0 aromatic carbocycles. The topological polar surface area (TPSA) is 12.0 Å². The van der Waals surface area contributed by atoms with Gasteiger partial charge in [-0.1, -0.05) is 25.2 Å². The molecule has 0 spiro atoms. The first kappa shape index (κ1) is 10.6. The molecular formula is C12H21N. The summed E-state index contributed by atoms with van der Waals surface area (Å²) in [7, 11) is 0. The van der Waals surface area contributed by atoms with Crippen LogP contribution in [0, 0.1) is 12.3 Å². The van der Waals surface area contributed by atoms with Crippen LogP contribution in [0.15, 0.2) is 0 Å². The molecule has 13 heavy (non-hydrogen) atoms. The zero-order valence-electron chi connectivity index (χ0n) is 9.11. The van der Waals surface area contributed by atoms with Crippen LogP contribution in [0.4, 0.5) is 0 Å². The van der Waals surface area contributed by atoms with Crippen LogP contribution in [-0.2, 0) is 0 Å². The number of hydrogen-bond donors (Lipinski definition) is 1. The first-order chi connectivity index (χ1) is 5.97. The monoisotopic (exact) mass is 179 g/mol. The van der Waals surface area contributed by atoms with Gasteiger partial charge in [0.05, 0.1) is 5.54 Å². The largest absolute Gasteiger partial charge is 0.296 e. The third kappa shape index (κ3) is 3.04. The van der Waals surface area contributed by atoms with Crippen molar-refractivity contribution in [2.45, 2.75) is 64.0 Å². The maximum Gasteiger partial charge on any atom is 0.0802 e. The molecule has 1 saturated carbocycles. The van der Waals surface area contributed by atoms with Crippen LogP contribution < -0.4 is 5.32 Å². The number of terminal acetylenes is 1. The molecule has 0 amide bonds. The van der Waals surface area contributed by atoms with E-state index in [1.165, 1.54) is 19.3 Å². The van der Waals surface area contributed by atoms with E-state index in [2.05, 4.69) is 32.0 Å². The summed E-state index contributed by atoms with van der Waals surface area (Å²) in [6.07, 6.45) is 11.8. The van der Waals surface area contributed by atoms with Gasteiger partial charge in [0.2, 0.25) is 0 Å². The van der Waals surface area contributed by atoms with Gasteiger partial charge in [0, 0.05) is 5.54 Å². The van der Waals surface area contributed by atoms with Crippen LogP contribution in [0.2, 0.25) is 0 Å². The van der Waals surface area contributed by atoms with Crippen LogP contribution in [0.25, 0.3) is 0 Å². The molecule has 1 N–H and O–H groups in total. The summed E-state index contributed by atoms with van der Waals surface area (Å²) in [6.45, 7) is 6.54. The normalized spacial score (nSPS) is 22.3. The SMILES string of the molecule is C#CC1(NC(C)(C)C)CCCCC1. The number of hydrogen-bond acceptors (Lipinski definition) is 1. The maximum atomic E-state index is 5.63. The highest BCUT2D eigenvalue weighted by Crippen LogP contribution is 2.29. The van der Waals surface area contributed by atoms with Gasteiger partial charge in [0.25, 0.3) is 0 Å². The lowest BCUT2D eigenvalue weighted by atomic mass is 9.81. The van der Waals surface area contributed by atoms with E-state index in [1.807, 2.05) is 0 Å². The average molecular weight is 179 g/mol. The van der Waals surface area contributed by atoms with Crippen LogP contribution in [0.3, 0.4) is 0 Å². The number of rotatable bonds is 1. The second kappa shape index (κ2) is 3.72. The highest BCUT2D eigenvalue weighted by molar-refractivity contribution is 5.15. The van der Waals surface area contributed by atoms with Gasteiger partial charge < -0.3 is 0 Å². The van der Waals surface area contributed by atoms with Gasteiger partial charge >= 0.3 is 0 Å². The van der Waals surface area contributed by atoms with Crippen molar-refractivity contribution in [3.05, 3.63) is 0 Å². The molecule has 1 aliphatic rings. The van der Waals surface area contributed by atoms with Gasteiger partial charge in [-0.15, -0.1) is 6.42 Å². The van der Waals surface area contributed by atoms with Crippen molar-refractivity contribution in [3.8, 4) is 12.3 Å². The lowest BCUT2D eigenvalue weighted by Gasteiger charge is -2.39. The Morgan fingerprint density at radius 2 is 1.69 bits per heavy atom. The highest BCUT2D eigenvalue weighted by atomic mass is 15.0. The van der Waals surface area contributed by atoms with Crippen molar-refractivity contribution in [2.24, 2.45) is 0 Å². The van der Waals surface area contributed by atoms with E-state index in [0.717, 1.165) is 12.8 Å². The first-order valence-corrected chi connectivity index (χ1v) is 5.25. The zero-order valence-corrected chi connectivity index (χ0v) is 9.11. The molecule has 0 unspecified atom stereocenters.